The molecule has 1 heteroatoms. The van der Waals surface area contributed by atoms with Gasteiger partial charge in [-0.3, -0.25) is 0 Å². The summed E-state index contributed by atoms with van der Waals surface area (Å²) in [5, 5.41) is 0. The van der Waals surface area contributed by atoms with Crippen LogP contribution in [0.5, 0.6) is 5.75 Å². The molecule has 152 valence electrons. The minimum absolute atomic E-state index is 0.752. The third kappa shape index (κ3) is 4.90. The van der Waals surface area contributed by atoms with Gasteiger partial charge < -0.3 is 4.74 Å². The third-order valence-electron chi connectivity index (χ3n) is 7.72. The van der Waals surface area contributed by atoms with Gasteiger partial charge in [-0.2, -0.15) is 0 Å². The van der Waals surface area contributed by atoms with Crippen LogP contribution in [0.25, 0.3) is 0 Å². The minimum atomic E-state index is 0.752. The van der Waals surface area contributed by atoms with Gasteiger partial charge in [0.1, 0.15) is 5.75 Å². The molecule has 0 heterocycles. The molecule has 0 aliphatic heterocycles. The molecule has 0 atom stereocenters. The molecule has 0 amide bonds. The van der Waals surface area contributed by atoms with Crippen molar-refractivity contribution in [3.8, 4) is 5.75 Å². The Labute approximate surface area is 168 Å². The fourth-order valence-corrected chi connectivity index (χ4v) is 6.21. The van der Waals surface area contributed by atoms with Crippen molar-refractivity contribution in [2.75, 3.05) is 7.11 Å². The molecule has 2 aliphatic rings. The van der Waals surface area contributed by atoms with Crippen LogP contribution in [0, 0.1) is 24.7 Å². The predicted octanol–water partition coefficient (Wildman–Crippen LogP) is 7.84. The Morgan fingerprint density at radius 2 is 1.48 bits per heavy atom. The molecule has 0 bridgehead atoms. The van der Waals surface area contributed by atoms with Gasteiger partial charge in [0.2, 0.25) is 0 Å². The number of benzene rings is 1. The summed E-state index contributed by atoms with van der Waals surface area (Å²) in [6.07, 6.45) is 16.9. The van der Waals surface area contributed by atoms with Crippen molar-refractivity contribution in [1.82, 2.24) is 0 Å². The van der Waals surface area contributed by atoms with E-state index in [1.807, 2.05) is 7.11 Å². The maximum atomic E-state index is 5.81. The van der Waals surface area contributed by atoms with E-state index in [9.17, 15) is 0 Å². The van der Waals surface area contributed by atoms with E-state index in [1.165, 1.54) is 81.8 Å². The molecule has 0 N–H and O–H groups in total. The Morgan fingerprint density at radius 3 is 2.04 bits per heavy atom. The van der Waals surface area contributed by atoms with Gasteiger partial charge in [0, 0.05) is 0 Å². The maximum absolute atomic E-state index is 5.81. The molecule has 2 aliphatic carbocycles. The van der Waals surface area contributed by atoms with Crippen LogP contribution < -0.4 is 4.74 Å². The summed E-state index contributed by atoms with van der Waals surface area (Å²) in [4.78, 5) is 0. The summed E-state index contributed by atoms with van der Waals surface area (Å²) in [6.45, 7) is 6.88. The molecule has 0 radical (unpaired) electrons. The van der Waals surface area contributed by atoms with Crippen molar-refractivity contribution in [2.45, 2.75) is 104 Å². The Kier molecular flexibility index (Phi) is 7.67. The second kappa shape index (κ2) is 9.99. The average Bonchev–Trinajstić information content (AvgIpc) is 2.70. The topological polar surface area (TPSA) is 9.23 Å². The third-order valence-corrected chi connectivity index (χ3v) is 7.72. The zero-order valence-corrected chi connectivity index (χ0v) is 18.4. The SMILES string of the molecule is CCCc1ccc(C2CCC(C3CCC(CCC)CC3)CC2)c(C)c1OC. The number of methoxy groups -OCH3 is 1. The van der Waals surface area contributed by atoms with Crippen molar-refractivity contribution in [2.24, 2.45) is 17.8 Å². The minimum Gasteiger partial charge on any atom is -0.496 e. The van der Waals surface area contributed by atoms with Crippen LogP contribution in [0.2, 0.25) is 0 Å². The summed E-state index contributed by atoms with van der Waals surface area (Å²) < 4.78 is 5.81. The van der Waals surface area contributed by atoms with Gasteiger partial charge in [-0.1, -0.05) is 58.1 Å². The zero-order valence-electron chi connectivity index (χ0n) is 18.4. The van der Waals surface area contributed by atoms with Gasteiger partial charge in [0.25, 0.3) is 0 Å². The molecule has 27 heavy (non-hydrogen) atoms. The lowest BCUT2D eigenvalue weighted by Crippen LogP contribution is -2.25. The van der Waals surface area contributed by atoms with Crippen LogP contribution in [0.1, 0.15) is 107 Å². The summed E-state index contributed by atoms with van der Waals surface area (Å²) >= 11 is 0. The van der Waals surface area contributed by atoms with Crippen molar-refractivity contribution >= 4 is 0 Å². The zero-order chi connectivity index (χ0) is 19.2. The first-order chi connectivity index (χ1) is 13.2. The van der Waals surface area contributed by atoms with Gasteiger partial charge >= 0.3 is 0 Å². The highest BCUT2D eigenvalue weighted by Gasteiger charge is 2.31. The molecule has 1 aromatic rings. The number of rotatable bonds is 7. The molecule has 0 aromatic heterocycles. The first-order valence-corrected chi connectivity index (χ1v) is 11.8. The normalized spacial score (nSPS) is 28.9. The van der Waals surface area contributed by atoms with E-state index in [4.69, 9.17) is 4.74 Å². The molecular weight excluding hydrogens is 328 g/mol. The van der Waals surface area contributed by atoms with Crippen LogP contribution in [-0.2, 0) is 6.42 Å². The van der Waals surface area contributed by atoms with E-state index in [-0.39, 0.29) is 0 Å². The van der Waals surface area contributed by atoms with E-state index in [1.54, 1.807) is 5.56 Å². The lowest BCUT2D eigenvalue weighted by molar-refractivity contribution is 0.156. The fraction of sp³-hybridized carbons (Fsp3) is 0.769. The van der Waals surface area contributed by atoms with E-state index in [2.05, 4.69) is 32.9 Å². The summed E-state index contributed by atoms with van der Waals surface area (Å²) in [5.41, 5.74) is 4.36. The lowest BCUT2D eigenvalue weighted by atomic mass is 9.67. The Morgan fingerprint density at radius 1 is 0.852 bits per heavy atom. The maximum Gasteiger partial charge on any atom is 0.125 e. The Bertz CT molecular complexity index is 574. The van der Waals surface area contributed by atoms with Crippen molar-refractivity contribution < 1.29 is 4.74 Å². The molecule has 1 nitrogen and oxygen atoms in total. The number of hydrogen-bond donors (Lipinski definition) is 0. The van der Waals surface area contributed by atoms with Gasteiger partial charge in [0.05, 0.1) is 7.11 Å². The summed E-state index contributed by atoms with van der Waals surface area (Å²) in [7, 11) is 1.84. The van der Waals surface area contributed by atoms with Crippen molar-refractivity contribution in [1.29, 1.82) is 0 Å². The Balaban J connectivity index is 1.58. The van der Waals surface area contributed by atoms with E-state index in [0.29, 0.717) is 0 Å². The lowest BCUT2D eigenvalue weighted by Gasteiger charge is -2.38. The van der Waals surface area contributed by atoms with Crippen molar-refractivity contribution in [3.05, 3.63) is 28.8 Å². The highest BCUT2D eigenvalue weighted by Crippen LogP contribution is 2.46. The van der Waals surface area contributed by atoms with Crippen LogP contribution in [0.3, 0.4) is 0 Å². The molecule has 3 rings (SSSR count). The monoisotopic (exact) mass is 370 g/mol. The van der Waals surface area contributed by atoms with E-state index >= 15 is 0 Å². The first kappa shape index (κ1) is 20.7. The molecule has 2 fully saturated rings. The van der Waals surface area contributed by atoms with Gasteiger partial charge in [-0.25, -0.2) is 0 Å². The van der Waals surface area contributed by atoms with Crippen molar-refractivity contribution in [3.63, 3.8) is 0 Å². The number of hydrogen-bond acceptors (Lipinski definition) is 1. The quantitative estimate of drug-likeness (QED) is 0.475. The van der Waals surface area contributed by atoms with Gasteiger partial charge in [0.15, 0.2) is 0 Å². The molecule has 1 aromatic carbocycles. The highest BCUT2D eigenvalue weighted by molar-refractivity contribution is 5.47. The average molecular weight is 371 g/mol. The molecule has 2 saturated carbocycles. The van der Waals surface area contributed by atoms with Gasteiger partial charge in [-0.05, 0) is 92.2 Å². The summed E-state index contributed by atoms with van der Waals surface area (Å²) in [5.74, 6) is 4.99. The fourth-order valence-electron chi connectivity index (χ4n) is 6.21. The highest BCUT2D eigenvalue weighted by atomic mass is 16.5. The standard InChI is InChI=1S/C26H42O/c1-5-7-20-9-11-21(12-10-20)22-13-15-23(16-14-22)25-18-17-24(8-6-2)26(27-4)19(25)3/h17-18,20-23H,5-16H2,1-4H3. The summed E-state index contributed by atoms with van der Waals surface area (Å²) in [6, 6.07) is 4.76. The second-order valence-electron chi connectivity index (χ2n) is 9.40. The molecule has 0 spiro atoms. The molecule has 0 unspecified atom stereocenters. The molecule has 0 saturated heterocycles. The van der Waals surface area contributed by atoms with E-state index in [0.717, 1.165) is 35.8 Å². The van der Waals surface area contributed by atoms with E-state index < -0.39 is 0 Å². The molecular formula is C26H42O. The largest absolute Gasteiger partial charge is 0.496 e. The van der Waals surface area contributed by atoms with Crippen LogP contribution in [0.15, 0.2) is 12.1 Å². The first-order valence-electron chi connectivity index (χ1n) is 11.8. The van der Waals surface area contributed by atoms with Crippen LogP contribution in [0.4, 0.5) is 0 Å². The smallest absolute Gasteiger partial charge is 0.125 e. The van der Waals surface area contributed by atoms with Crippen LogP contribution >= 0.6 is 0 Å². The Hall–Kier alpha value is -0.980. The number of ether oxygens (including phenoxy) is 1. The predicted molar refractivity (Wildman–Crippen MR) is 117 cm³/mol. The number of aryl methyl sites for hydroxylation is 1. The van der Waals surface area contributed by atoms with Crippen LogP contribution in [-0.4, -0.2) is 7.11 Å². The second-order valence-corrected chi connectivity index (χ2v) is 9.40. The van der Waals surface area contributed by atoms with Gasteiger partial charge in [-0.15, -0.1) is 0 Å².